The van der Waals surface area contributed by atoms with Crippen molar-refractivity contribution in [3.63, 3.8) is 0 Å². The van der Waals surface area contributed by atoms with Crippen LogP contribution in [0.4, 0.5) is 0 Å². The zero-order valence-corrected chi connectivity index (χ0v) is 10.4. The summed E-state index contributed by atoms with van der Waals surface area (Å²) in [6, 6.07) is 10.2. The Kier molecular flexibility index (Phi) is 2.25. The number of carbonyl (C=O) groups excluding carboxylic acids is 1. The fourth-order valence-electron chi connectivity index (χ4n) is 3.28. The van der Waals surface area contributed by atoms with Gasteiger partial charge in [0.1, 0.15) is 0 Å². The number of fused-ring (bicyclic) bond motifs is 2. The van der Waals surface area contributed by atoms with Gasteiger partial charge in [0, 0.05) is 5.92 Å². The smallest absolute Gasteiger partial charge is 0.162 e. The summed E-state index contributed by atoms with van der Waals surface area (Å²) >= 11 is 0. The molecule has 0 heterocycles. The summed E-state index contributed by atoms with van der Waals surface area (Å²) in [6.45, 7) is 4.48. The number of Topliss-reactive ketones (excluding diaryl/α,β-unsaturated/α-hetero) is 1. The zero-order valence-electron chi connectivity index (χ0n) is 10.4. The van der Waals surface area contributed by atoms with Crippen molar-refractivity contribution in [3.05, 3.63) is 41.5 Å². The van der Waals surface area contributed by atoms with E-state index in [0.717, 1.165) is 24.0 Å². The van der Waals surface area contributed by atoms with E-state index >= 15 is 0 Å². The van der Waals surface area contributed by atoms with Crippen molar-refractivity contribution in [2.24, 2.45) is 17.3 Å². The second-order valence-electron chi connectivity index (χ2n) is 5.96. The predicted molar refractivity (Wildman–Crippen MR) is 69.4 cm³/mol. The van der Waals surface area contributed by atoms with E-state index in [4.69, 9.17) is 0 Å². The third kappa shape index (κ3) is 1.56. The summed E-state index contributed by atoms with van der Waals surface area (Å²) < 4.78 is 0. The number of benzene rings is 1. The van der Waals surface area contributed by atoms with Gasteiger partial charge in [-0.25, -0.2) is 0 Å². The van der Waals surface area contributed by atoms with E-state index in [0.29, 0.717) is 11.7 Å². The molecule has 3 aliphatic rings. The van der Waals surface area contributed by atoms with E-state index in [1.54, 1.807) is 0 Å². The van der Waals surface area contributed by atoms with Gasteiger partial charge in [0.2, 0.25) is 0 Å². The number of hydrogen-bond donors (Lipinski definition) is 0. The molecule has 3 saturated carbocycles. The van der Waals surface area contributed by atoms with Gasteiger partial charge in [0.05, 0.1) is 0 Å². The first-order chi connectivity index (χ1) is 8.09. The van der Waals surface area contributed by atoms with Crippen LogP contribution in [0.2, 0.25) is 0 Å². The molecular weight excluding hydrogens is 208 g/mol. The highest BCUT2D eigenvalue weighted by molar-refractivity contribution is 6.03. The summed E-state index contributed by atoms with van der Waals surface area (Å²) in [7, 11) is 0. The minimum atomic E-state index is 0.241. The Labute approximate surface area is 103 Å². The van der Waals surface area contributed by atoms with Crippen molar-refractivity contribution in [1.82, 2.24) is 0 Å². The van der Waals surface area contributed by atoms with Crippen molar-refractivity contribution in [3.8, 4) is 0 Å². The summed E-state index contributed by atoms with van der Waals surface area (Å²) in [6.07, 6.45) is 4.16. The molecule has 0 spiro atoms. The molecule has 0 saturated heterocycles. The maximum absolute atomic E-state index is 12.3. The fourth-order valence-corrected chi connectivity index (χ4v) is 3.28. The quantitative estimate of drug-likeness (QED) is 0.667. The molecule has 0 N–H and O–H groups in total. The van der Waals surface area contributed by atoms with Crippen molar-refractivity contribution in [2.75, 3.05) is 0 Å². The van der Waals surface area contributed by atoms with Crippen LogP contribution in [-0.2, 0) is 4.79 Å². The minimum absolute atomic E-state index is 0.241. The highest BCUT2D eigenvalue weighted by Gasteiger charge is 2.55. The van der Waals surface area contributed by atoms with Gasteiger partial charge in [-0.1, -0.05) is 44.2 Å². The Morgan fingerprint density at radius 2 is 1.94 bits per heavy atom. The van der Waals surface area contributed by atoms with Gasteiger partial charge in [-0.05, 0) is 41.4 Å². The molecule has 2 bridgehead atoms. The third-order valence-electron chi connectivity index (χ3n) is 4.71. The maximum atomic E-state index is 12.3. The Hall–Kier alpha value is -1.37. The van der Waals surface area contributed by atoms with Gasteiger partial charge in [-0.15, -0.1) is 0 Å². The second-order valence-corrected chi connectivity index (χ2v) is 5.96. The molecule has 3 fully saturated rings. The average molecular weight is 226 g/mol. The average Bonchev–Trinajstić information content (AvgIpc) is 2.32. The SMILES string of the molecule is CC1(C)[C@H]2C/C(=C\c3ccccc3)C(=O)[C@@H]1C2. The number of ketones is 1. The Balaban J connectivity index is 1.89. The van der Waals surface area contributed by atoms with Gasteiger partial charge in [-0.2, -0.15) is 0 Å². The van der Waals surface area contributed by atoms with Gasteiger partial charge < -0.3 is 0 Å². The molecule has 3 aliphatic carbocycles. The maximum Gasteiger partial charge on any atom is 0.162 e. The van der Waals surface area contributed by atoms with Crippen LogP contribution >= 0.6 is 0 Å². The van der Waals surface area contributed by atoms with Crippen LogP contribution in [0.1, 0.15) is 32.3 Å². The predicted octanol–water partition coefficient (Wildman–Crippen LogP) is 3.71. The van der Waals surface area contributed by atoms with Crippen molar-refractivity contribution in [1.29, 1.82) is 0 Å². The number of hydrogen-bond acceptors (Lipinski definition) is 1. The molecule has 1 heteroatoms. The highest BCUT2D eigenvalue weighted by atomic mass is 16.1. The largest absolute Gasteiger partial charge is 0.294 e. The van der Waals surface area contributed by atoms with Gasteiger partial charge >= 0.3 is 0 Å². The van der Waals surface area contributed by atoms with Gasteiger partial charge in [-0.3, -0.25) is 4.79 Å². The second kappa shape index (κ2) is 3.56. The molecular formula is C16H18O. The van der Waals surface area contributed by atoms with Crippen molar-refractivity contribution in [2.45, 2.75) is 26.7 Å². The van der Waals surface area contributed by atoms with Gasteiger partial charge in [0.15, 0.2) is 5.78 Å². The first-order valence-corrected chi connectivity index (χ1v) is 6.39. The third-order valence-corrected chi connectivity index (χ3v) is 4.71. The van der Waals surface area contributed by atoms with Crippen LogP contribution in [0, 0.1) is 17.3 Å². The lowest BCUT2D eigenvalue weighted by Gasteiger charge is -2.56. The number of carbonyl (C=O) groups is 1. The van der Waals surface area contributed by atoms with Crippen LogP contribution in [-0.4, -0.2) is 5.78 Å². The Morgan fingerprint density at radius 1 is 1.24 bits per heavy atom. The molecule has 0 radical (unpaired) electrons. The van der Waals surface area contributed by atoms with Crippen molar-refractivity contribution < 1.29 is 4.79 Å². The summed E-state index contributed by atoms with van der Waals surface area (Å²) in [5.41, 5.74) is 2.43. The standard InChI is InChI=1S/C16H18O/c1-16(2)13-9-12(15(17)14(16)10-13)8-11-6-4-3-5-7-11/h3-8,13-14H,9-10H2,1-2H3/b12-8+/t13-,14-/m0/s1. The summed E-state index contributed by atoms with van der Waals surface area (Å²) in [4.78, 5) is 12.3. The zero-order chi connectivity index (χ0) is 12.0. The van der Waals surface area contributed by atoms with E-state index in [9.17, 15) is 4.79 Å². The monoisotopic (exact) mass is 226 g/mol. The minimum Gasteiger partial charge on any atom is -0.294 e. The molecule has 1 nitrogen and oxygen atoms in total. The first kappa shape index (κ1) is 10.8. The first-order valence-electron chi connectivity index (χ1n) is 6.39. The molecule has 88 valence electrons. The molecule has 1 aromatic rings. The molecule has 2 atom stereocenters. The van der Waals surface area contributed by atoms with Crippen LogP contribution in [0.5, 0.6) is 0 Å². The van der Waals surface area contributed by atoms with Crippen LogP contribution in [0.3, 0.4) is 0 Å². The van der Waals surface area contributed by atoms with Crippen LogP contribution < -0.4 is 0 Å². The lowest BCUT2D eigenvalue weighted by Crippen LogP contribution is -2.53. The molecule has 0 unspecified atom stereocenters. The molecule has 4 rings (SSSR count). The Bertz CT molecular complexity index is 482. The topological polar surface area (TPSA) is 17.1 Å². The lowest BCUT2D eigenvalue weighted by atomic mass is 9.47. The fraction of sp³-hybridized carbons (Fsp3) is 0.438. The molecule has 1 aromatic carbocycles. The Morgan fingerprint density at radius 3 is 2.53 bits per heavy atom. The molecule has 0 aromatic heterocycles. The van der Waals surface area contributed by atoms with Crippen LogP contribution in [0.15, 0.2) is 35.9 Å². The summed E-state index contributed by atoms with van der Waals surface area (Å²) in [5, 5.41) is 0. The van der Waals surface area contributed by atoms with E-state index < -0.39 is 0 Å². The number of allylic oxidation sites excluding steroid dienone is 1. The normalized spacial score (nSPS) is 32.4. The molecule has 0 amide bonds. The van der Waals surface area contributed by atoms with E-state index in [1.807, 2.05) is 18.2 Å². The van der Waals surface area contributed by atoms with Crippen LogP contribution in [0.25, 0.3) is 6.08 Å². The van der Waals surface area contributed by atoms with E-state index in [-0.39, 0.29) is 11.3 Å². The number of rotatable bonds is 1. The van der Waals surface area contributed by atoms with E-state index in [1.165, 1.54) is 0 Å². The molecule has 0 aliphatic heterocycles. The van der Waals surface area contributed by atoms with E-state index in [2.05, 4.69) is 32.1 Å². The lowest BCUT2D eigenvalue weighted by molar-refractivity contribution is -0.140. The van der Waals surface area contributed by atoms with Crippen molar-refractivity contribution >= 4 is 11.9 Å². The molecule has 17 heavy (non-hydrogen) atoms. The highest BCUT2D eigenvalue weighted by Crippen LogP contribution is 2.59. The van der Waals surface area contributed by atoms with Gasteiger partial charge in [0.25, 0.3) is 0 Å². The summed E-state index contributed by atoms with van der Waals surface area (Å²) in [5.74, 6) is 1.37.